The molecule has 0 bridgehead atoms. The lowest BCUT2D eigenvalue weighted by Gasteiger charge is -2.60. The van der Waals surface area contributed by atoms with Gasteiger partial charge in [-0.3, -0.25) is 9.59 Å². The molecule has 6 atom stereocenters. The van der Waals surface area contributed by atoms with Crippen LogP contribution in [0.4, 0.5) is 0 Å². The van der Waals surface area contributed by atoms with Crippen molar-refractivity contribution in [1.82, 2.24) is 4.90 Å². The lowest BCUT2D eigenvalue weighted by Crippen LogP contribution is -2.70. The topological polar surface area (TPSA) is 151 Å². The van der Waals surface area contributed by atoms with E-state index in [9.17, 15) is 20.3 Å². The maximum atomic E-state index is 15.6. The van der Waals surface area contributed by atoms with E-state index < -0.39 is 23.3 Å². The van der Waals surface area contributed by atoms with Gasteiger partial charge in [-0.15, -0.1) is 6.58 Å². The van der Waals surface area contributed by atoms with E-state index in [1.807, 2.05) is 74.2 Å². The molecule has 0 saturated heterocycles. The van der Waals surface area contributed by atoms with Crippen molar-refractivity contribution in [3.05, 3.63) is 161 Å². The molecule has 1 fully saturated rings. The Morgan fingerprint density at radius 2 is 1.66 bits per heavy atom. The van der Waals surface area contributed by atoms with E-state index in [4.69, 9.17) is 24.2 Å². The van der Waals surface area contributed by atoms with E-state index in [1.165, 1.54) is 0 Å². The van der Waals surface area contributed by atoms with Crippen LogP contribution in [0, 0.1) is 29.1 Å². The monoisotopic (exact) mass is 915 g/mol. The molecule has 1 saturated carbocycles. The molecule has 3 aliphatic rings. The summed E-state index contributed by atoms with van der Waals surface area (Å²) in [6.07, 6.45) is 9.41. The van der Waals surface area contributed by atoms with Crippen LogP contribution < -0.4 is 9.47 Å². The number of oxime groups is 1. The zero-order valence-corrected chi connectivity index (χ0v) is 39.2. The van der Waals surface area contributed by atoms with Crippen molar-refractivity contribution in [2.75, 3.05) is 19.8 Å². The van der Waals surface area contributed by atoms with Crippen molar-refractivity contribution >= 4 is 28.7 Å². The molecular weight excluding hydrogens is 855 g/mol. The second kappa shape index (κ2) is 21.2. The summed E-state index contributed by atoms with van der Waals surface area (Å²) in [5, 5.41) is 36.9. The van der Waals surface area contributed by atoms with Gasteiger partial charge in [0, 0.05) is 48.8 Å². The van der Waals surface area contributed by atoms with Crippen LogP contribution in [0.2, 0.25) is 0 Å². The van der Waals surface area contributed by atoms with Gasteiger partial charge in [-0.05, 0) is 135 Å². The molecule has 68 heavy (non-hydrogen) atoms. The van der Waals surface area contributed by atoms with E-state index in [2.05, 4.69) is 36.9 Å². The van der Waals surface area contributed by atoms with Gasteiger partial charge in [0.15, 0.2) is 0 Å². The minimum Gasteiger partial charge on any atom is -0.459 e. The summed E-state index contributed by atoms with van der Waals surface area (Å²) in [5.74, 6) is -0.976. The van der Waals surface area contributed by atoms with Crippen molar-refractivity contribution in [3.8, 4) is 23.3 Å². The molecule has 11 nitrogen and oxygen atoms in total. The highest BCUT2D eigenvalue weighted by Crippen LogP contribution is 2.62. The van der Waals surface area contributed by atoms with Gasteiger partial charge in [0.2, 0.25) is 5.79 Å². The number of fused-ring (bicyclic) bond motifs is 3. The Bertz CT molecular complexity index is 2710. The van der Waals surface area contributed by atoms with Crippen molar-refractivity contribution in [2.24, 2.45) is 22.9 Å². The molecule has 1 aliphatic heterocycles. The fourth-order valence-electron chi connectivity index (χ4n) is 10.5. The van der Waals surface area contributed by atoms with Crippen molar-refractivity contribution in [1.29, 1.82) is 5.26 Å². The second-order valence-corrected chi connectivity index (χ2v) is 19.0. The number of unbranched alkanes of at least 4 members (excludes halogenated alkanes) is 2. The molecule has 2 aliphatic carbocycles. The van der Waals surface area contributed by atoms with Crippen LogP contribution in [0.15, 0.2) is 139 Å². The highest BCUT2D eigenvalue weighted by atomic mass is 16.7. The third-order valence-corrected chi connectivity index (χ3v) is 13.4. The van der Waals surface area contributed by atoms with Gasteiger partial charge >= 0.3 is 0 Å². The van der Waals surface area contributed by atoms with Crippen molar-refractivity contribution in [3.63, 3.8) is 0 Å². The number of hydrogen-bond donors (Lipinski definition) is 2. The molecule has 11 heteroatoms. The van der Waals surface area contributed by atoms with E-state index in [0.29, 0.717) is 52.5 Å². The van der Waals surface area contributed by atoms with Crippen LogP contribution in [0.3, 0.4) is 0 Å². The number of amides is 1. The normalized spacial score (nSPS) is 22.2. The highest BCUT2D eigenvalue weighted by molar-refractivity contribution is 6.03. The SMILES string of the molecule is C=CCOC12Oc3ccc(Oc4cccc(C=O)c4)cc3C3C(CCCCO)C(CCCCO)C=C(C(=NOC(C)(C)C)CC1N(Cc1cccc4ccccc14)C(=O)c1ccc(C#N)cc1)C32. The summed E-state index contributed by atoms with van der Waals surface area (Å²) in [4.78, 5) is 35.6. The molecule has 5 aromatic rings. The second-order valence-electron chi connectivity index (χ2n) is 19.0. The minimum absolute atomic E-state index is 0.0127. The zero-order valence-electron chi connectivity index (χ0n) is 39.2. The van der Waals surface area contributed by atoms with E-state index >= 15 is 4.79 Å². The van der Waals surface area contributed by atoms with Crippen molar-refractivity contribution in [2.45, 2.75) is 95.6 Å². The third kappa shape index (κ3) is 10.1. The number of ether oxygens (including phenoxy) is 3. The number of carbonyl (C=O) groups excluding carboxylic acids is 2. The first-order chi connectivity index (χ1) is 33.0. The Hall–Kier alpha value is -6.58. The standard InChI is InChI=1S/C57H61N3O8/c1-5-30-65-57-52(60(55(64)41-24-22-38(35-58)23-25-41)36-43-18-13-17-40-15-6-7-20-46(40)43)34-50(59-68-56(2,3)4)48-32-42(16-8-10-28-61)47(21-9-11-29-62)53(54(48)57)49-33-45(26-27-51(49)67-57)66-44-19-12-14-39(31-44)37-63/h5-7,12-15,17-20,22-27,31-33,37,42,47,52-54,61-62H,1,8-11,16,21,28-30,34,36H2,2-4H3. The Kier molecular flexibility index (Phi) is 14.9. The number of aliphatic hydroxyl groups is 2. The maximum Gasteiger partial charge on any atom is 0.254 e. The van der Waals surface area contributed by atoms with E-state index in [1.54, 1.807) is 48.5 Å². The lowest BCUT2D eigenvalue weighted by atomic mass is 9.55. The number of nitriles is 1. The molecule has 0 radical (unpaired) electrons. The van der Waals surface area contributed by atoms with Crippen LogP contribution in [0.25, 0.3) is 10.8 Å². The van der Waals surface area contributed by atoms with Crippen LogP contribution in [0.1, 0.15) is 109 Å². The number of rotatable bonds is 19. The number of allylic oxidation sites excluding steroid dienone is 1. The van der Waals surface area contributed by atoms with Crippen LogP contribution in [-0.2, 0) is 16.1 Å². The Morgan fingerprint density at radius 3 is 2.40 bits per heavy atom. The molecule has 5 aromatic carbocycles. The molecule has 352 valence electrons. The van der Waals surface area contributed by atoms with Crippen LogP contribution in [-0.4, -0.2) is 70.3 Å². The fraction of sp³-hybridized carbons (Fsp3) is 0.368. The maximum absolute atomic E-state index is 15.6. The summed E-state index contributed by atoms with van der Waals surface area (Å²) in [7, 11) is 0. The van der Waals surface area contributed by atoms with E-state index in [0.717, 1.165) is 59.4 Å². The van der Waals surface area contributed by atoms with Gasteiger partial charge in [-0.1, -0.05) is 84.7 Å². The number of nitrogens with zero attached hydrogens (tertiary/aromatic N) is 3. The Morgan fingerprint density at radius 1 is 0.926 bits per heavy atom. The number of carbonyl (C=O) groups is 2. The molecule has 6 unspecified atom stereocenters. The van der Waals surface area contributed by atoms with Crippen LogP contribution in [0.5, 0.6) is 17.2 Å². The lowest BCUT2D eigenvalue weighted by molar-refractivity contribution is -0.255. The van der Waals surface area contributed by atoms with Gasteiger partial charge in [0.05, 0.1) is 29.9 Å². The quantitative estimate of drug-likeness (QED) is 0.0357. The third-order valence-electron chi connectivity index (χ3n) is 13.4. The predicted molar refractivity (Wildman–Crippen MR) is 263 cm³/mol. The summed E-state index contributed by atoms with van der Waals surface area (Å²) >= 11 is 0. The first kappa shape index (κ1) is 47.9. The average molecular weight is 916 g/mol. The van der Waals surface area contributed by atoms with Gasteiger partial charge in [-0.2, -0.15) is 5.26 Å². The predicted octanol–water partition coefficient (Wildman–Crippen LogP) is 11.1. The first-order valence-corrected chi connectivity index (χ1v) is 23.8. The highest BCUT2D eigenvalue weighted by Gasteiger charge is 2.65. The molecule has 1 amide bonds. The minimum atomic E-state index is -1.52. The van der Waals surface area contributed by atoms with Gasteiger partial charge in [-0.25, -0.2) is 0 Å². The van der Waals surface area contributed by atoms with Gasteiger partial charge in [0.25, 0.3) is 5.91 Å². The molecule has 0 spiro atoms. The molecule has 0 aromatic heterocycles. The van der Waals surface area contributed by atoms with Crippen molar-refractivity contribution < 1.29 is 38.9 Å². The fourth-order valence-corrected chi connectivity index (χ4v) is 10.5. The molecule has 1 heterocycles. The summed E-state index contributed by atoms with van der Waals surface area (Å²) in [6.45, 7) is 10.4. The number of aliphatic hydroxyl groups excluding tert-OH is 2. The average Bonchev–Trinajstić information content (AvgIpc) is 3.35. The Balaban J connectivity index is 1.39. The van der Waals surface area contributed by atoms with Gasteiger partial charge in [0.1, 0.15) is 35.2 Å². The zero-order chi connectivity index (χ0) is 47.8. The number of hydrogen-bond acceptors (Lipinski definition) is 10. The summed E-state index contributed by atoms with van der Waals surface area (Å²) in [5.41, 5.74) is 4.10. The summed E-state index contributed by atoms with van der Waals surface area (Å²) in [6, 6.07) is 35.1. The smallest absolute Gasteiger partial charge is 0.254 e. The van der Waals surface area contributed by atoms with Crippen LogP contribution >= 0.6 is 0 Å². The molecule has 2 N–H and O–H groups in total. The largest absolute Gasteiger partial charge is 0.459 e. The summed E-state index contributed by atoms with van der Waals surface area (Å²) < 4.78 is 21.3. The first-order valence-electron chi connectivity index (χ1n) is 23.8. The number of aldehydes is 1. The number of benzene rings is 5. The molecular formula is C57H61N3O8. The van der Waals surface area contributed by atoms with E-state index in [-0.39, 0.29) is 56.4 Å². The van der Waals surface area contributed by atoms with Gasteiger partial charge < -0.3 is 34.2 Å². The Labute approximate surface area is 399 Å². The molecule has 8 rings (SSSR count).